The Hall–Kier alpha value is -3.66. The average molecular weight is 520 g/mol. The quantitative estimate of drug-likeness (QED) is 0.353. The highest BCUT2D eigenvalue weighted by atomic mass is 35.5. The molecule has 2 aromatic carbocycles. The first-order valence-corrected chi connectivity index (χ1v) is 11.4. The number of nitrogens with zero attached hydrogens (tertiary/aromatic N) is 2. The van der Waals surface area contributed by atoms with Crippen molar-refractivity contribution in [3.8, 4) is 0 Å². The topological polar surface area (TPSA) is 96.0 Å². The minimum atomic E-state index is -4.66. The zero-order valence-corrected chi connectivity index (χ0v) is 20.8. The zero-order chi connectivity index (χ0) is 26.7. The van der Waals surface area contributed by atoms with E-state index in [-0.39, 0.29) is 17.2 Å². The van der Waals surface area contributed by atoms with Crippen molar-refractivity contribution in [3.63, 3.8) is 0 Å². The Balaban J connectivity index is 1.81. The molecule has 3 rings (SSSR count). The van der Waals surface area contributed by atoms with Crippen LogP contribution in [0.15, 0.2) is 48.8 Å². The monoisotopic (exact) mass is 519 g/mol. The third-order valence-electron chi connectivity index (χ3n) is 5.51. The summed E-state index contributed by atoms with van der Waals surface area (Å²) in [6, 6.07) is 9.41. The highest BCUT2D eigenvalue weighted by Crippen LogP contribution is 2.36. The van der Waals surface area contributed by atoms with Gasteiger partial charge in [-0.3, -0.25) is 9.59 Å². The second kappa shape index (κ2) is 10.5. The number of aromatic nitrogens is 2. The van der Waals surface area contributed by atoms with Gasteiger partial charge in [0.25, 0.3) is 5.91 Å². The van der Waals surface area contributed by atoms with E-state index in [1.165, 1.54) is 24.5 Å². The molecule has 0 aliphatic carbocycles. The maximum absolute atomic E-state index is 13.2. The molecule has 0 saturated carbocycles. The number of rotatable bonds is 7. The van der Waals surface area contributed by atoms with E-state index in [9.17, 15) is 22.8 Å². The molecule has 0 aliphatic rings. The largest absolute Gasteiger partial charge is 0.417 e. The highest BCUT2D eigenvalue weighted by molar-refractivity contribution is 6.31. The third-order valence-corrected chi connectivity index (χ3v) is 5.84. The Kier molecular flexibility index (Phi) is 7.88. The molecule has 36 heavy (non-hydrogen) atoms. The second-order valence-corrected chi connectivity index (χ2v) is 8.98. The molecule has 7 nitrogen and oxygen atoms in total. The van der Waals surface area contributed by atoms with Gasteiger partial charge in [-0.15, -0.1) is 0 Å². The minimum absolute atomic E-state index is 0.0655. The summed E-state index contributed by atoms with van der Waals surface area (Å²) in [7, 11) is 0. The Morgan fingerprint density at radius 1 is 1.00 bits per heavy atom. The fourth-order valence-electron chi connectivity index (χ4n) is 3.29. The number of carbonyl (C=O) groups is 2. The molecular formula is C25H25ClF3N5O2. The van der Waals surface area contributed by atoms with Crippen molar-refractivity contribution in [2.45, 2.75) is 39.3 Å². The molecule has 0 atom stereocenters. The Labute approximate surface area is 211 Å². The summed E-state index contributed by atoms with van der Waals surface area (Å²) in [5.74, 6) is -0.419. The van der Waals surface area contributed by atoms with E-state index in [1.54, 1.807) is 32.9 Å². The Morgan fingerprint density at radius 2 is 1.72 bits per heavy atom. The van der Waals surface area contributed by atoms with Crippen LogP contribution in [0.3, 0.4) is 0 Å². The highest BCUT2D eigenvalue weighted by Gasteiger charge is 2.34. The van der Waals surface area contributed by atoms with Gasteiger partial charge in [-0.1, -0.05) is 17.7 Å². The van der Waals surface area contributed by atoms with Crippen LogP contribution in [-0.2, 0) is 16.4 Å². The lowest BCUT2D eigenvalue weighted by Crippen LogP contribution is -2.36. The molecule has 0 saturated heterocycles. The maximum Gasteiger partial charge on any atom is 0.417 e. The number of hydrogen-bond donors (Lipinski definition) is 3. The van der Waals surface area contributed by atoms with Crippen LogP contribution in [0.4, 0.5) is 30.4 Å². The molecule has 11 heteroatoms. The van der Waals surface area contributed by atoms with Crippen LogP contribution < -0.4 is 16.0 Å². The summed E-state index contributed by atoms with van der Waals surface area (Å²) in [6.45, 7) is 7.77. The van der Waals surface area contributed by atoms with Gasteiger partial charge in [0.2, 0.25) is 5.91 Å². The number of carbonyl (C=O) groups excluding carboxylic acids is 2. The summed E-state index contributed by atoms with van der Waals surface area (Å²) < 4.78 is 39.4. The second-order valence-electron chi connectivity index (χ2n) is 8.57. The number of alkyl halides is 3. The summed E-state index contributed by atoms with van der Waals surface area (Å²) in [4.78, 5) is 34.3. The van der Waals surface area contributed by atoms with Gasteiger partial charge in [-0.25, -0.2) is 9.97 Å². The van der Waals surface area contributed by atoms with Gasteiger partial charge < -0.3 is 16.0 Å². The maximum atomic E-state index is 13.2. The molecule has 1 heterocycles. The third kappa shape index (κ3) is 6.12. The zero-order valence-electron chi connectivity index (χ0n) is 20.0. The van der Waals surface area contributed by atoms with E-state index in [4.69, 9.17) is 11.6 Å². The first-order valence-electron chi connectivity index (χ1n) is 11.0. The van der Waals surface area contributed by atoms with Gasteiger partial charge in [0.15, 0.2) is 0 Å². The molecule has 2 amide bonds. The number of nitrogens with one attached hydrogen (secondary N) is 3. The van der Waals surface area contributed by atoms with E-state index >= 15 is 0 Å². The number of benzene rings is 2. The van der Waals surface area contributed by atoms with E-state index in [2.05, 4.69) is 25.9 Å². The molecular weight excluding hydrogens is 495 g/mol. The molecule has 0 aliphatic heterocycles. The van der Waals surface area contributed by atoms with Gasteiger partial charge in [0.1, 0.15) is 12.1 Å². The van der Waals surface area contributed by atoms with Crippen molar-refractivity contribution < 1.29 is 22.8 Å². The van der Waals surface area contributed by atoms with Crippen molar-refractivity contribution in [3.05, 3.63) is 76.2 Å². The normalized spacial score (nSPS) is 11.7. The van der Waals surface area contributed by atoms with E-state index < -0.39 is 28.1 Å². The standard InChI is InChI=1S/C25H25ClF3N5O2/c1-5-30-21-12-20(31-13-32-21)24(3,4)23(36)34-19-10-15(7-6-14(19)2)22(35)33-16-8-9-18(26)17(11-16)25(27,28)29/h6-13H,5H2,1-4H3,(H,33,35)(H,34,36)(H,30,31,32). The van der Waals surface area contributed by atoms with Crippen LogP contribution in [0.25, 0.3) is 0 Å². The molecule has 0 bridgehead atoms. The lowest BCUT2D eigenvalue weighted by Gasteiger charge is -2.24. The van der Waals surface area contributed by atoms with Gasteiger partial charge in [-0.05, 0) is 63.6 Å². The number of anilines is 3. The molecule has 0 spiro atoms. The molecule has 0 unspecified atom stereocenters. The SMILES string of the molecule is CCNc1cc(C(C)(C)C(=O)Nc2cc(C(=O)Nc3ccc(Cl)c(C(F)(F)F)c3)ccc2C)ncn1. The van der Waals surface area contributed by atoms with E-state index in [0.717, 1.165) is 12.1 Å². The Bertz CT molecular complexity index is 1290. The lowest BCUT2D eigenvalue weighted by atomic mass is 9.87. The number of hydrogen-bond acceptors (Lipinski definition) is 5. The van der Waals surface area contributed by atoms with Crippen molar-refractivity contribution in [2.24, 2.45) is 0 Å². The van der Waals surface area contributed by atoms with Crippen molar-refractivity contribution >= 4 is 40.6 Å². The van der Waals surface area contributed by atoms with Crippen molar-refractivity contribution in [1.29, 1.82) is 0 Å². The molecule has 190 valence electrons. The van der Waals surface area contributed by atoms with Crippen LogP contribution in [-0.4, -0.2) is 28.3 Å². The summed E-state index contributed by atoms with van der Waals surface area (Å²) >= 11 is 5.64. The molecule has 3 aromatic rings. The van der Waals surface area contributed by atoms with Crippen LogP contribution in [0.5, 0.6) is 0 Å². The number of halogens is 4. The molecule has 3 N–H and O–H groups in total. The van der Waals surface area contributed by atoms with E-state index in [0.29, 0.717) is 29.3 Å². The Morgan fingerprint density at radius 3 is 2.39 bits per heavy atom. The van der Waals surface area contributed by atoms with Crippen molar-refractivity contribution in [1.82, 2.24) is 9.97 Å². The summed E-state index contributed by atoms with van der Waals surface area (Å²) in [5, 5.41) is 7.88. The molecule has 0 radical (unpaired) electrons. The molecule has 0 fully saturated rings. The van der Waals surface area contributed by atoms with Gasteiger partial charge in [-0.2, -0.15) is 13.2 Å². The summed E-state index contributed by atoms with van der Waals surface area (Å²) in [5.41, 5.74) is -0.428. The fourth-order valence-corrected chi connectivity index (χ4v) is 3.52. The first-order chi connectivity index (χ1) is 16.8. The number of amides is 2. The van der Waals surface area contributed by atoms with Gasteiger partial charge >= 0.3 is 6.18 Å². The van der Waals surface area contributed by atoms with Gasteiger partial charge in [0, 0.05) is 29.5 Å². The van der Waals surface area contributed by atoms with Crippen LogP contribution in [0, 0.1) is 6.92 Å². The van der Waals surface area contributed by atoms with Gasteiger partial charge in [0.05, 0.1) is 21.7 Å². The summed E-state index contributed by atoms with van der Waals surface area (Å²) in [6.07, 6.45) is -3.29. The first kappa shape index (κ1) is 26.9. The van der Waals surface area contributed by atoms with E-state index in [1.807, 2.05) is 6.92 Å². The van der Waals surface area contributed by atoms with Crippen LogP contribution >= 0.6 is 11.6 Å². The number of aryl methyl sites for hydroxylation is 1. The fraction of sp³-hybridized carbons (Fsp3) is 0.280. The predicted molar refractivity (Wildman–Crippen MR) is 133 cm³/mol. The lowest BCUT2D eigenvalue weighted by molar-refractivity contribution is -0.137. The minimum Gasteiger partial charge on any atom is -0.370 e. The van der Waals surface area contributed by atoms with Crippen molar-refractivity contribution in [2.75, 3.05) is 22.5 Å². The smallest absolute Gasteiger partial charge is 0.370 e. The molecule has 1 aromatic heterocycles. The van der Waals surface area contributed by atoms with Crippen LogP contribution in [0.2, 0.25) is 5.02 Å². The predicted octanol–water partition coefficient (Wildman–Crippen LogP) is 6.06. The average Bonchev–Trinajstić information content (AvgIpc) is 2.81. The van der Waals surface area contributed by atoms with Crippen LogP contribution in [0.1, 0.15) is 48.0 Å².